The van der Waals surface area contributed by atoms with Crippen LogP contribution in [-0.4, -0.2) is 21.3 Å². The lowest BCUT2D eigenvalue weighted by Gasteiger charge is -2.04. The summed E-state index contributed by atoms with van der Waals surface area (Å²) in [7, 11) is 0. The van der Waals surface area contributed by atoms with E-state index in [0.29, 0.717) is 11.4 Å². The number of fused-ring (bicyclic) bond motifs is 1. The van der Waals surface area contributed by atoms with Gasteiger partial charge in [-0.25, -0.2) is 9.97 Å². The molecule has 0 aliphatic heterocycles. The van der Waals surface area contributed by atoms with E-state index < -0.39 is 0 Å². The molecule has 2 aromatic heterocycles. The SMILES string of the molecule is Oc1ccccc1/C=N/Nc1ncnc2scc(-c3ccccc3)c12. The van der Waals surface area contributed by atoms with Gasteiger partial charge < -0.3 is 5.11 Å². The van der Waals surface area contributed by atoms with Crippen LogP contribution in [0.25, 0.3) is 21.3 Å². The average Bonchev–Trinajstić information content (AvgIpc) is 3.09. The van der Waals surface area contributed by atoms with Crippen molar-refractivity contribution in [2.75, 3.05) is 5.43 Å². The van der Waals surface area contributed by atoms with E-state index in [-0.39, 0.29) is 5.75 Å². The summed E-state index contributed by atoms with van der Waals surface area (Å²) in [5.41, 5.74) is 5.79. The van der Waals surface area contributed by atoms with Crippen LogP contribution in [0.1, 0.15) is 5.56 Å². The fourth-order valence-electron chi connectivity index (χ4n) is 2.55. The number of aromatic nitrogens is 2. The van der Waals surface area contributed by atoms with Crippen molar-refractivity contribution in [2.24, 2.45) is 5.10 Å². The summed E-state index contributed by atoms with van der Waals surface area (Å²) in [5, 5.41) is 17.0. The van der Waals surface area contributed by atoms with Crippen molar-refractivity contribution in [3.8, 4) is 16.9 Å². The van der Waals surface area contributed by atoms with Crippen LogP contribution in [-0.2, 0) is 0 Å². The highest BCUT2D eigenvalue weighted by Gasteiger charge is 2.12. The maximum Gasteiger partial charge on any atom is 0.159 e. The van der Waals surface area contributed by atoms with Crippen LogP contribution in [0.3, 0.4) is 0 Å². The Balaban J connectivity index is 1.70. The number of rotatable bonds is 4. The lowest BCUT2D eigenvalue weighted by molar-refractivity contribution is 0.474. The van der Waals surface area contributed by atoms with Crippen molar-refractivity contribution in [1.29, 1.82) is 0 Å². The molecule has 2 N–H and O–H groups in total. The Bertz CT molecular complexity index is 1040. The van der Waals surface area contributed by atoms with Gasteiger partial charge in [0.25, 0.3) is 0 Å². The van der Waals surface area contributed by atoms with Crippen LogP contribution < -0.4 is 5.43 Å². The molecule has 0 atom stereocenters. The number of nitrogens with zero attached hydrogens (tertiary/aromatic N) is 3. The molecule has 122 valence electrons. The van der Waals surface area contributed by atoms with Gasteiger partial charge in [-0.2, -0.15) is 5.10 Å². The van der Waals surface area contributed by atoms with E-state index >= 15 is 0 Å². The van der Waals surface area contributed by atoms with Gasteiger partial charge in [0.05, 0.1) is 11.6 Å². The summed E-state index contributed by atoms with van der Waals surface area (Å²) >= 11 is 1.57. The number of phenols is 1. The molecule has 6 heteroatoms. The van der Waals surface area contributed by atoms with Crippen LogP contribution in [0.2, 0.25) is 0 Å². The maximum atomic E-state index is 9.80. The molecule has 0 radical (unpaired) electrons. The molecule has 5 nitrogen and oxygen atoms in total. The summed E-state index contributed by atoms with van der Waals surface area (Å²) < 4.78 is 0. The van der Waals surface area contributed by atoms with Crippen molar-refractivity contribution in [1.82, 2.24) is 9.97 Å². The van der Waals surface area contributed by atoms with Crippen molar-refractivity contribution >= 4 is 33.6 Å². The first-order valence-electron chi connectivity index (χ1n) is 7.67. The number of thiophene rings is 1. The van der Waals surface area contributed by atoms with Gasteiger partial charge in [-0.3, -0.25) is 5.43 Å². The maximum absolute atomic E-state index is 9.80. The van der Waals surface area contributed by atoms with E-state index in [2.05, 4.69) is 38.0 Å². The summed E-state index contributed by atoms with van der Waals surface area (Å²) in [6.45, 7) is 0. The molecule has 0 fully saturated rings. The first-order valence-corrected chi connectivity index (χ1v) is 8.55. The number of nitrogens with one attached hydrogen (secondary N) is 1. The summed E-state index contributed by atoms with van der Waals surface area (Å²) in [4.78, 5) is 9.57. The van der Waals surface area contributed by atoms with E-state index in [0.717, 1.165) is 21.3 Å². The zero-order valence-corrected chi connectivity index (χ0v) is 13.9. The molecule has 2 heterocycles. The number of aromatic hydroxyl groups is 1. The average molecular weight is 346 g/mol. The Hall–Kier alpha value is -3.25. The third-order valence-electron chi connectivity index (χ3n) is 3.77. The molecule has 2 aromatic carbocycles. The van der Waals surface area contributed by atoms with Crippen LogP contribution in [0.4, 0.5) is 5.82 Å². The molecule has 0 saturated carbocycles. The molecule has 0 aliphatic carbocycles. The molecule has 0 bridgehead atoms. The predicted molar refractivity (Wildman–Crippen MR) is 102 cm³/mol. The lowest BCUT2D eigenvalue weighted by Crippen LogP contribution is -1.95. The van der Waals surface area contributed by atoms with E-state index in [4.69, 9.17) is 0 Å². The molecule has 0 aliphatic rings. The Morgan fingerprint density at radius 3 is 2.64 bits per heavy atom. The smallest absolute Gasteiger partial charge is 0.159 e. The number of phenolic OH excluding ortho intramolecular Hbond substituents is 1. The fraction of sp³-hybridized carbons (Fsp3) is 0. The van der Waals surface area contributed by atoms with Crippen molar-refractivity contribution in [2.45, 2.75) is 0 Å². The summed E-state index contributed by atoms with van der Waals surface area (Å²) in [6.07, 6.45) is 3.09. The van der Waals surface area contributed by atoms with Crippen LogP contribution in [0, 0.1) is 0 Å². The van der Waals surface area contributed by atoms with E-state index in [1.54, 1.807) is 35.8 Å². The van der Waals surface area contributed by atoms with Gasteiger partial charge in [-0.15, -0.1) is 11.3 Å². The van der Waals surface area contributed by atoms with Gasteiger partial charge in [0.15, 0.2) is 5.82 Å². The minimum atomic E-state index is 0.182. The lowest BCUT2D eigenvalue weighted by atomic mass is 10.1. The zero-order chi connectivity index (χ0) is 17.1. The first kappa shape index (κ1) is 15.3. The highest BCUT2D eigenvalue weighted by molar-refractivity contribution is 7.17. The predicted octanol–water partition coefficient (Wildman–Crippen LogP) is 4.51. The van der Waals surface area contributed by atoms with Crippen LogP contribution in [0.15, 0.2) is 71.4 Å². The monoisotopic (exact) mass is 346 g/mol. The quantitative estimate of drug-likeness (QED) is 0.421. The van der Waals surface area contributed by atoms with Gasteiger partial charge in [-0.05, 0) is 17.7 Å². The molecule has 0 spiro atoms. The second-order valence-corrected chi connectivity index (χ2v) is 6.20. The van der Waals surface area contributed by atoms with Gasteiger partial charge in [0.2, 0.25) is 0 Å². The highest BCUT2D eigenvalue weighted by Crippen LogP contribution is 2.36. The molecule has 0 saturated heterocycles. The Morgan fingerprint density at radius 1 is 1.00 bits per heavy atom. The van der Waals surface area contributed by atoms with Crippen LogP contribution >= 0.6 is 11.3 Å². The van der Waals surface area contributed by atoms with E-state index in [1.807, 2.05) is 24.3 Å². The Morgan fingerprint density at radius 2 is 1.80 bits per heavy atom. The molecule has 0 amide bonds. The first-order chi connectivity index (χ1) is 12.3. The van der Waals surface area contributed by atoms with Gasteiger partial charge in [0, 0.05) is 16.5 Å². The second kappa shape index (κ2) is 6.70. The number of anilines is 1. The van der Waals surface area contributed by atoms with Gasteiger partial charge in [0.1, 0.15) is 16.9 Å². The molecular weight excluding hydrogens is 332 g/mol. The Kier molecular flexibility index (Phi) is 4.10. The van der Waals surface area contributed by atoms with Gasteiger partial charge in [-0.1, -0.05) is 42.5 Å². The third kappa shape index (κ3) is 3.07. The standard InChI is InChI=1S/C19H14N4OS/c24-16-9-5-4-8-14(16)10-22-23-18-17-15(13-6-2-1-3-7-13)11-25-19(17)21-12-20-18/h1-12,24H,(H,20,21,23)/b22-10+. The summed E-state index contributed by atoms with van der Waals surface area (Å²) in [6, 6.07) is 17.1. The third-order valence-corrected chi connectivity index (χ3v) is 4.65. The number of hydrazone groups is 1. The number of benzene rings is 2. The minimum absolute atomic E-state index is 0.182. The molecule has 25 heavy (non-hydrogen) atoms. The van der Waals surface area contributed by atoms with Crippen molar-refractivity contribution < 1.29 is 5.11 Å². The minimum Gasteiger partial charge on any atom is -0.507 e. The second-order valence-electron chi connectivity index (χ2n) is 5.35. The van der Waals surface area contributed by atoms with Gasteiger partial charge >= 0.3 is 0 Å². The zero-order valence-electron chi connectivity index (χ0n) is 13.1. The summed E-state index contributed by atoms with van der Waals surface area (Å²) in [5.74, 6) is 0.818. The molecule has 0 unspecified atom stereocenters. The molecular formula is C19H14N4OS. The molecule has 4 rings (SSSR count). The number of hydrogen-bond acceptors (Lipinski definition) is 6. The van der Waals surface area contributed by atoms with E-state index in [9.17, 15) is 5.11 Å². The highest BCUT2D eigenvalue weighted by atomic mass is 32.1. The Labute approximate surface area is 148 Å². The topological polar surface area (TPSA) is 70.4 Å². The number of para-hydroxylation sites is 1. The van der Waals surface area contributed by atoms with Crippen molar-refractivity contribution in [3.63, 3.8) is 0 Å². The molecule has 4 aromatic rings. The normalized spacial score (nSPS) is 11.2. The fourth-order valence-corrected chi connectivity index (χ4v) is 3.47. The number of hydrogen-bond donors (Lipinski definition) is 2. The van der Waals surface area contributed by atoms with Crippen molar-refractivity contribution in [3.05, 3.63) is 71.9 Å². The largest absolute Gasteiger partial charge is 0.507 e. The van der Waals surface area contributed by atoms with Crippen LogP contribution in [0.5, 0.6) is 5.75 Å². The van der Waals surface area contributed by atoms with E-state index in [1.165, 1.54) is 6.33 Å².